The Labute approximate surface area is 107 Å². The van der Waals surface area contributed by atoms with Crippen LogP contribution >= 0.6 is 0 Å². The molecule has 0 aliphatic carbocycles. The normalized spacial score (nSPS) is 11.2. The summed E-state index contributed by atoms with van der Waals surface area (Å²) in [5, 5.41) is 5.29. The number of hydrogen-bond acceptors (Lipinski definition) is 2. The van der Waals surface area contributed by atoms with Crippen LogP contribution in [0.5, 0.6) is 0 Å². The number of amides is 2. The van der Waals surface area contributed by atoms with Crippen molar-refractivity contribution in [3.63, 3.8) is 0 Å². The third-order valence-electron chi connectivity index (χ3n) is 2.72. The van der Waals surface area contributed by atoms with Crippen LogP contribution in [0.1, 0.15) is 25.0 Å². The number of benzene rings is 1. The molecular weight excluding hydrogens is 228 g/mol. The van der Waals surface area contributed by atoms with E-state index >= 15 is 0 Å². The highest BCUT2D eigenvalue weighted by molar-refractivity contribution is 6.02. The second kappa shape index (κ2) is 6.64. The predicted octanol–water partition coefficient (Wildman–Crippen LogP) is 1.88. The lowest BCUT2D eigenvalue weighted by molar-refractivity contribution is 0.256. The zero-order valence-corrected chi connectivity index (χ0v) is 11.1. The molecular formula is C13H20N4O. The van der Waals surface area contributed by atoms with Crippen molar-refractivity contribution < 1.29 is 4.79 Å². The van der Waals surface area contributed by atoms with Crippen molar-refractivity contribution in [1.29, 1.82) is 0 Å². The summed E-state index contributed by atoms with van der Waals surface area (Å²) in [6.07, 6.45) is 1.72. The van der Waals surface area contributed by atoms with Crippen molar-refractivity contribution in [3.8, 4) is 0 Å². The fraction of sp³-hybridized carbons (Fsp3) is 0.385. The number of aryl methyl sites for hydroxylation is 2. The van der Waals surface area contributed by atoms with Gasteiger partial charge in [-0.1, -0.05) is 32.0 Å². The van der Waals surface area contributed by atoms with Gasteiger partial charge in [0, 0.05) is 12.7 Å². The van der Waals surface area contributed by atoms with Crippen molar-refractivity contribution in [2.45, 2.75) is 26.7 Å². The van der Waals surface area contributed by atoms with Crippen LogP contribution in [0, 0.1) is 0 Å². The van der Waals surface area contributed by atoms with Gasteiger partial charge in [0.15, 0.2) is 5.96 Å². The summed E-state index contributed by atoms with van der Waals surface area (Å²) in [5.74, 6) is 0.0968. The van der Waals surface area contributed by atoms with Gasteiger partial charge in [0.1, 0.15) is 0 Å². The van der Waals surface area contributed by atoms with Crippen LogP contribution in [0.15, 0.2) is 23.2 Å². The van der Waals surface area contributed by atoms with E-state index in [0.29, 0.717) is 0 Å². The molecule has 5 nitrogen and oxygen atoms in total. The summed E-state index contributed by atoms with van der Waals surface area (Å²) < 4.78 is 0. The van der Waals surface area contributed by atoms with Crippen LogP contribution < -0.4 is 16.4 Å². The Balaban J connectivity index is 2.92. The largest absolute Gasteiger partial charge is 0.370 e. The van der Waals surface area contributed by atoms with E-state index < -0.39 is 0 Å². The average molecular weight is 248 g/mol. The number of aliphatic imine (C=N–C) groups is 1. The van der Waals surface area contributed by atoms with Gasteiger partial charge in [0.2, 0.25) is 0 Å². The maximum atomic E-state index is 11.7. The number of anilines is 1. The SMILES string of the molecule is CCc1cccc(CC)c1NC(=O)NC(N)=NC. The van der Waals surface area contributed by atoms with Crippen LogP contribution in [-0.2, 0) is 12.8 Å². The Morgan fingerprint density at radius 1 is 1.28 bits per heavy atom. The number of hydrogen-bond donors (Lipinski definition) is 3. The van der Waals surface area contributed by atoms with Crippen LogP contribution in [0.3, 0.4) is 0 Å². The highest BCUT2D eigenvalue weighted by atomic mass is 16.2. The second-order valence-electron chi connectivity index (χ2n) is 3.85. The monoisotopic (exact) mass is 248 g/mol. The van der Waals surface area contributed by atoms with Gasteiger partial charge in [-0.05, 0) is 24.0 Å². The molecule has 0 radical (unpaired) electrons. The first-order valence-corrected chi connectivity index (χ1v) is 6.03. The van der Waals surface area contributed by atoms with Crippen LogP contribution in [0.2, 0.25) is 0 Å². The third-order valence-corrected chi connectivity index (χ3v) is 2.72. The molecule has 0 aliphatic heterocycles. The maximum absolute atomic E-state index is 11.7. The summed E-state index contributed by atoms with van der Waals surface area (Å²) in [5.41, 5.74) is 8.53. The molecule has 0 atom stereocenters. The maximum Gasteiger partial charge on any atom is 0.326 e. The van der Waals surface area contributed by atoms with Gasteiger partial charge in [0.25, 0.3) is 0 Å². The molecule has 98 valence electrons. The van der Waals surface area contributed by atoms with Gasteiger partial charge in [-0.25, -0.2) is 4.79 Å². The van der Waals surface area contributed by atoms with E-state index in [1.807, 2.05) is 18.2 Å². The number of nitrogens with two attached hydrogens (primary N) is 1. The summed E-state index contributed by atoms with van der Waals surface area (Å²) in [6, 6.07) is 5.65. The number of nitrogens with one attached hydrogen (secondary N) is 2. The number of carbonyl (C=O) groups is 1. The van der Waals surface area contributed by atoms with Crippen molar-refractivity contribution in [1.82, 2.24) is 5.32 Å². The zero-order chi connectivity index (χ0) is 13.5. The molecule has 0 aliphatic rings. The first-order valence-electron chi connectivity index (χ1n) is 6.03. The molecule has 2 amide bonds. The second-order valence-corrected chi connectivity index (χ2v) is 3.85. The minimum Gasteiger partial charge on any atom is -0.370 e. The lowest BCUT2D eigenvalue weighted by Crippen LogP contribution is -2.39. The minimum atomic E-state index is -0.367. The number of rotatable bonds is 3. The summed E-state index contributed by atoms with van der Waals surface area (Å²) >= 11 is 0. The van der Waals surface area contributed by atoms with E-state index in [2.05, 4.69) is 29.5 Å². The molecule has 0 fully saturated rings. The third kappa shape index (κ3) is 3.48. The number of para-hydroxylation sites is 1. The van der Waals surface area contributed by atoms with Crippen molar-refractivity contribution >= 4 is 17.7 Å². The van der Waals surface area contributed by atoms with E-state index in [1.165, 1.54) is 7.05 Å². The molecule has 0 heterocycles. The molecule has 5 heteroatoms. The lowest BCUT2D eigenvalue weighted by Gasteiger charge is -2.14. The Bertz CT molecular complexity index is 432. The number of nitrogens with zero attached hydrogens (tertiary/aromatic N) is 1. The first kappa shape index (κ1) is 14.0. The molecule has 1 aromatic carbocycles. The van der Waals surface area contributed by atoms with Gasteiger partial charge in [-0.3, -0.25) is 10.3 Å². The molecule has 18 heavy (non-hydrogen) atoms. The molecule has 0 unspecified atom stereocenters. The number of carbonyl (C=O) groups excluding carboxylic acids is 1. The zero-order valence-electron chi connectivity index (χ0n) is 11.1. The molecule has 1 rings (SSSR count). The van der Waals surface area contributed by atoms with Crippen LogP contribution in [0.25, 0.3) is 0 Å². The lowest BCUT2D eigenvalue weighted by atomic mass is 10.0. The van der Waals surface area contributed by atoms with Gasteiger partial charge in [0.05, 0.1) is 0 Å². The Morgan fingerprint density at radius 3 is 2.28 bits per heavy atom. The summed E-state index contributed by atoms with van der Waals surface area (Å²) in [6.45, 7) is 4.11. The Morgan fingerprint density at radius 2 is 1.83 bits per heavy atom. The van der Waals surface area contributed by atoms with E-state index in [9.17, 15) is 4.79 Å². The quantitative estimate of drug-likeness (QED) is 0.564. The molecule has 1 aromatic rings. The van der Waals surface area contributed by atoms with E-state index in [4.69, 9.17) is 5.73 Å². The summed E-state index contributed by atoms with van der Waals surface area (Å²) in [7, 11) is 1.52. The number of urea groups is 1. The van der Waals surface area contributed by atoms with E-state index in [0.717, 1.165) is 29.7 Å². The van der Waals surface area contributed by atoms with E-state index in [-0.39, 0.29) is 12.0 Å². The standard InChI is InChI=1S/C13H20N4O/c1-4-9-7-6-8-10(5-2)11(9)16-13(18)17-12(14)15-3/h6-8H,4-5H2,1-3H3,(H4,14,15,16,17,18). The Kier molecular flexibility index (Phi) is 5.17. The fourth-order valence-electron chi connectivity index (χ4n) is 1.72. The highest BCUT2D eigenvalue weighted by Crippen LogP contribution is 2.22. The van der Waals surface area contributed by atoms with Crippen molar-refractivity contribution in [2.24, 2.45) is 10.7 Å². The molecule has 0 spiro atoms. The number of guanidine groups is 1. The van der Waals surface area contributed by atoms with Crippen molar-refractivity contribution in [3.05, 3.63) is 29.3 Å². The van der Waals surface area contributed by atoms with Gasteiger partial charge in [-0.15, -0.1) is 0 Å². The highest BCUT2D eigenvalue weighted by Gasteiger charge is 2.10. The molecule has 0 bridgehead atoms. The molecule has 0 saturated carbocycles. The molecule has 4 N–H and O–H groups in total. The van der Waals surface area contributed by atoms with Crippen LogP contribution in [-0.4, -0.2) is 19.0 Å². The van der Waals surface area contributed by atoms with Crippen molar-refractivity contribution in [2.75, 3.05) is 12.4 Å². The smallest absolute Gasteiger partial charge is 0.326 e. The summed E-state index contributed by atoms with van der Waals surface area (Å²) in [4.78, 5) is 15.4. The minimum absolute atomic E-state index is 0.0968. The predicted molar refractivity (Wildman–Crippen MR) is 74.9 cm³/mol. The fourth-order valence-corrected chi connectivity index (χ4v) is 1.72. The van der Waals surface area contributed by atoms with Gasteiger partial charge in [-0.2, -0.15) is 0 Å². The topological polar surface area (TPSA) is 79.5 Å². The van der Waals surface area contributed by atoms with Gasteiger partial charge >= 0.3 is 6.03 Å². The Hall–Kier alpha value is -2.04. The average Bonchev–Trinajstić information content (AvgIpc) is 2.38. The van der Waals surface area contributed by atoms with Crippen LogP contribution in [0.4, 0.5) is 10.5 Å². The first-order chi connectivity index (χ1) is 8.62. The van der Waals surface area contributed by atoms with Gasteiger partial charge < -0.3 is 11.1 Å². The molecule has 0 aromatic heterocycles. The van der Waals surface area contributed by atoms with E-state index in [1.54, 1.807) is 0 Å². The molecule has 0 saturated heterocycles.